The van der Waals surface area contributed by atoms with Gasteiger partial charge in [0, 0.05) is 0 Å². The van der Waals surface area contributed by atoms with Crippen molar-refractivity contribution in [3.8, 4) is 0 Å². The first kappa shape index (κ1) is 14.3. The lowest BCUT2D eigenvalue weighted by Gasteiger charge is -2.27. The number of carbonyl (C=O) groups excluding carboxylic acids is 1. The normalized spacial score (nSPS) is 14.2. The lowest BCUT2D eigenvalue weighted by atomic mass is 9.92. The third kappa shape index (κ3) is 4.62. The van der Waals surface area contributed by atoms with Crippen molar-refractivity contribution in [2.75, 3.05) is 7.11 Å². The summed E-state index contributed by atoms with van der Waals surface area (Å²) in [4.78, 5) is 11.4. The number of hydrogen-bond acceptors (Lipinski definition) is 2. The number of methoxy groups -OCH3 is 1. The fourth-order valence-electron chi connectivity index (χ4n) is 1.83. The fourth-order valence-corrected chi connectivity index (χ4v) is 1.83. The van der Waals surface area contributed by atoms with Gasteiger partial charge in [-0.15, -0.1) is 0 Å². The van der Waals surface area contributed by atoms with Crippen LogP contribution < -0.4 is 5.32 Å². The number of nitrogens with one attached hydrogen (secondary N) is 1. The Kier molecular flexibility index (Phi) is 5.43. The van der Waals surface area contributed by atoms with Gasteiger partial charge in [-0.1, -0.05) is 49.4 Å². The minimum Gasteiger partial charge on any atom is -0.453 e. The number of allylic oxidation sites excluding steroid dienone is 1. The highest BCUT2D eigenvalue weighted by Gasteiger charge is 2.23. The maximum Gasteiger partial charge on any atom is 0.407 e. The summed E-state index contributed by atoms with van der Waals surface area (Å²) in [7, 11) is 1.38. The first-order valence-electron chi connectivity index (χ1n) is 6.17. The quantitative estimate of drug-likeness (QED) is 0.811. The van der Waals surface area contributed by atoms with Crippen LogP contribution in [0.1, 0.15) is 25.8 Å². The molecule has 1 amide bonds. The smallest absolute Gasteiger partial charge is 0.407 e. The average Bonchev–Trinajstić information content (AvgIpc) is 2.37. The molecule has 0 bridgehead atoms. The zero-order valence-electron chi connectivity index (χ0n) is 11.3. The van der Waals surface area contributed by atoms with E-state index in [1.165, 1.54) is 12.7 Å². The minimum atomic E-state index is -0.426. The lowest BCUT2D eigenvalue weighted by molar-refractivity contribution is 0.162. The van der Waals surface area contributed by atoms with Gasteiger partial charge in [0.2, 0.25) is 0 Å². The highest BCUT2D eigenvalue weighted by Crippen LogP contribution is 2.15. The summed E-state index contributed by atoms with van der Waals surface area (Å²) >= 11 is 0. The van der Waals surface area contributed by atoms with Gasteiger partial charge in [0.15, 0.2) is 0 Å². The number of rotatable bonds is 5. The molecule has 0 aliphatic carbocycles. The van der Waals surface area contributed by atoms with E-state index in [1.807, 2.05) is 31.2 Å². The fraction of sp³-hybridized carbons (Fsp3) is 0.400. The highest BCUT2D eigenvalue weighted by molar-refractivity contribution is 5.68. The van der Waals surface area contributed by atoms with Gasteiger partial charge in [-0.3, -0.25) is 0 Å². The molecule has 0 aromatic heterocycles. The molecule has 0 saturated heterocycles. The highest BCUT2D eigenvalue weighted by atomic mass is 16.5. The lowest BCUT2D eigenvalue weighted by Crippen LogP contribution is -2.46. The molecular formula is C15H21NO2. The van der Waals surface area contributed by atoms with Crippen molar-refractivity contribution in [1.29, 1.82) is 0 Å². The van der Waals surface area contributed by atoms with Gasteiger partial charge in [0.05, 0.1) is 12.6 Å². The Bertz CT molecular complexity index is 400. The number of ether oxygens (including phenoxy) is 1. The standard InChI is InChI=1S/C15H21NO2/c1-4-5-11-15(2,16-14(17)18-3)12-13-9-7-6-8-10-13/h5-11H,4,12H2,1-3H3,(H,16,17)/b11-5+/t15-/m0/s1. The van der Waals surface area contributed by atoms with Crippen molar-refractivity contribution in [2.45, 2.75) is 32.2 Å². The van der Waals surface area contributed by atoms with E-state index in [4.69, 9.17) is 0 Å². The summed E-state index contributed by atoms with van der Waals surface area (Å²) in [5, 5.41) is 2.88. The van der Waals surface area contributed by atoms with Crippen LogP contribution in [0.5, 0.6) is 0 Å². The van der Waals surface area contributed by atoms with Crippen LogP contribution in [0.4, 0.5) is 4.79 Å². The Morgan fingerprint density at radius 3 is 2.61 bits per heavy atom. The molecule has 3 nitrogen and oxygen atoms in total. The van der Waals surface area contributed by atoms with Gasteiger partial charge in [-0.05, 0) is 25.3 Å². The zero-order chi connectivity index (χ0) is 13.4. The van der Waals surface area contributed by atoms with Crippen LogP contribution in [0, 0.1) is 0 Å². The number of hydrogen-bond donors (Lipinski definition) is 1. The molecule has 0 unspecified atom stereocenters. The van der Waals surface area contributed by atoms with E-state index in [-0.39, 0.29) is 0 Å². The molecule has 0 heterocycles. The Morgan fingerprint density at radius 2 is 2.06 bits per heavy atom. The molecule has 98 valence electrons. The summed E-state index contributed by atoms with van der Waals surface area (Å²) in [6, 6.07) is 10.1. The minimum absolute atomic E-state index is 0.408. The predicted molar refractivity (Wildman–Crippen MR) is 73.5 cm³/mol. The molecule has 0 aliphatic heterocycles. The van der Waals surface area contributed by atoms with E-state index < -0.39 is 11.6 Å². The molecular weight excluding hydrogens is 226 g/mol. The summed E-state index contributed by atoms with van der Waals surface area (Å²) in [5.74, 6) is 0. The van der Waals surface area contributed by atoms with E-state index in [0.29, 0.717) is 0 Å². The number of benzene rings is 1. The molecule has 0 radical (unpaired) electrons. The van der Waals surface area contributed by atoms with E-state index in [9.17, 15) is 4.79 Å². The van der Waals surface area contributed by atoms with Crippen molar-refractivity contribution in [1.82, 2.24) is 5.32 Å². The molecule has 1 rings (SSSR count). The Morgan fingerprint density at radius 1 is 1.39 bits per heavy atom. The molecule has 3 heteroatoms. The van der Waals surface area contributed by atoms with Crippen LogP contribution in [-0.4, -0.2) is 18.7 Å². The van der Waals surface area contributed by atoms with E-state index in [0.717, 1.165) is 12.8 Å². The van der Waals surface area contributed by atoms with Gasteiger partial charge in [-0.2, -0.15) is 0 Å². The predicted octanol–water partition coefficient (Wildman–Crippen LogP) is 3.31. The Hall–Kier alpha value is -1.77. The maximum atomic E-state index is 11.4. The van der Waals surface area contributed by atoms with Crippen molar-refractivity contribution >= 4 is 6.09 Å². The number of alkyl carbamates (subject to hydrolysis) is 1. The first-order valence-corrected chi connectivity index (χ1v) is 6.17. The number of amides is 1. The van der Waals surface area contributed by atoms with Gasteiger partial charge in [-0.25, -0.2) is 4.79 Å². The first-order chi connectivity index (χ1) is 8.59. The third-order valence-electron chi connectivity index (χ3n) is 2.71. The monoisotopic (exact) mass is 247 g/mol. The van der Waals surface area contributed by atoms with Gasteiger partial charge in [0.25, 0.3) is 0 Å². The van der Waals surface area contributed by atoms with Crippen molar-refractivity contribution < 1.29 is 9.53 Å². The van der Waals surface area contributed by atoms with Crippen LogP contribution in [0.25, 0.3) is 0 Å². The molecule has 1 aromatic carbocycles. The van der Waals surface area contributed by atoms with E-state index in [2.05, 4.69) is 35.2 Å². The second kappa shape index (κ2) is 6.84. The van der Waals surface area contributed by atoms with Crippen molar-refractivity contribution in [3.63, 3.8) is 0 Å². The molecule has 0 spiro atoms. The molecule has 0 saturated carbocycles. The summed E-state index contributed by atoms with van der Waals surface area (Å²) in [6.07, 6.45) is 5.34. The summed E-state index contributed by atoms with van der Waals surface area (Å²) < 4.78 is 4.68. The molecule has 0 aliphatic rings. The van der Waals surface area contributed by atoms with Crippen LogP contribution in [0.3, 0.4) is 0 Å². The van der Waals surface area contributed by atoms with Crippen LogP contribution in [0.15, 0.2) is 42.5 Å². The third-order valence-corrected chi connectivity index (χ3v) is 2.71. The second-order valence-corrected chi connectivity index (χ2v) is 4.51. The molecule has 1 N–H and O–H groups in total. The number of carbonyl (C=O) groups is 1. The average molecular weight is 247 g/mol. The Balaban J connectivity index is 2.83. The Labute approximate surface area is 109 Å². The molecule has 1 atom stereocenters. The van der Waals surface area contributed by atoms with E-state index >= 15 is 0 Å². The van der Waals surface area contributed by atoms with Crippen LogP contribution in [-0.2, 0) is 11.2 Å². The zero-order valence-corrected chi connectivity index (χ0v) is 11.3. The van der Waals surface area contributed by atoms with Gasteiger partial charge < -0.3 is 10.1 Å². The topological polar surface area (TPSA) is 38.3 Å². The molecule has 1 aromatic rings. The van der Waals surface area contributed by atoms with Crippen molar-refractivity contribution in [3.05, 3.63) is 48.0 Å². The van der Waals surface area contributed by atoms with E-state index in [1.54, 1.807) is 0 Å². The van der Waals surface area contributed by atoms with Crippen molar-refractivity contribution in [2.24, 2.45) is 0 Å². The van der Waals surface area contributed by atoms with Crippen LogP contribution in [0.2, 0.25) is 0 Å². The second-order valence-electron chi connectivity index (χ2n) is 4.51. The molecule has 0 fully saturated rings. The molecule has 18 heavy (non-hydrogen) atoms. The summed E-state index contributed by atoms with van der Waals surface area (Å²) in [6.45, 7) is 4.06. The maximum absolute atomic E-state index is 11.4. The van der Waals surface area contributed by atoms with Crippen LogP contribution >= 0.6 is 0 Å². The SMILES string of the molecule is CC/C=C/[C@@](C)(Cc1ccccc1)NC(=O)OC. The largest absolute Gasteiger partial charge is 0.453 e. The van der Waals surface area contributed by atoms with Gasteiger partial charge in [0.1, 0.15) is 0 Å². The van der Waals surface area contributed by atoms with Gasteiger partial charge >= 0.3 is 6.09 Å². The summed E-state index contributed by atoms with van der Waals surface area (Å²) in [5.41, 5.74) is 0.752.